The third-order valence-corrected chi connectivity index (χ3v) is 25.1. The third kappa shape index (κ3) is 25.8. The maximum atomic E-state index is 15.2. The van der Waals surface area contributed by atoms with Crippen molar-refractivity contribution in [2.45, 2.75) is 255 Å². The van der Waals surface area contributed by atoms with Gasteiger partial charge in [-0.15, -0.1) is 0 Å². The number of rotatable bonds is 42. The van der Waals surface area contributed by atoms with Crippen LogP contribution in [0.4, 0.5) is 0 Å². The molecule has 10 amide bonds. The second-order valence-corrected chi connectivity index (χ2v) is 36.3. The van der Waals surface area contributed by atoms with E-state index in [2.05, 4.69) is 71.6 Å². The van der Waals surface area contributed by atoms with Crippen molar-refractivity contribution >= 4 is 89.7 Å². The van der Waals surface area contributed by atoms with E-state index in [1.165, 1.54) is 73.6 Å². The molecule has 2 rings (SSSR count). The Hall–Kier alpha value is -8.04. The SMILES string of the molecule is CC=CC[C@@H](C)[C@@H](OC(C)=O)[C@@H](C(=O)N[C@@H](CC)C(=O)O)N(C)C(=O)[C@H](C(C)C)N(C)C(=O)[C@H](CC(C)C)N(C)C(=O)[C@H](CC(C)C)N(C)C(=O)[C@@H](C)NC(=O)[C@H](C)NC(=O)[C@H](CC(C)C)N(C)C(=O)[C@@H](NC(=O)[C@H]([C@H](C)CO[Si](c1ccccc1)(c1ccccc1)C(C)(C)C)N(C)C(=O)[C@@H](C)NC)C(C)C. The van der Waals surface area contributed by atoms with E-state index in [4.69, 9.17) is 9.16 Å². The van der Waals surface area contributed by atoms with E-state index >= 15 is 24.0 Å². The Kier molecular flexibility index (Phi) is 38.4. The fraction of sp³-hybridized carbons (Fsp3) is 0.675. The molecule has 27 heteroatoms. The van der Waals surface area contributed by atoms with E-state index in [1.54, 1.807) is 81.6 Å². The van der Waals surface area contributed by atoms with Gasteiger partial charge in [0.2, 0.25) is 59.1 Å². The van der Waals surface area contributed by atoms with Crippen LogP contribution in [0.1, 0.15) is 178 Å². The molecule has 0 unspecified atom stereocenters. The molecule has 0 heterocycles. The molecule has 0 aromatic heterocycles. The lowest BCUT2D eigenvalue weighted by molar-refractivity contribution is -0.164. The van der Waals surface area contributed by atoms with Gasteiger partial charge in [-0.1, -0.05) is 184 Å². The monoisotopic (exact) mass is 1520 g/mol. The quantitative estimate of drug-likeness (QED) is 0.0244. The zero-order valence-corrected chi connectivity index (χ0v) is 70.5. The number of aliphatic carboxylic acids is 1. The van der Waals surface area contributed by atoms with Crippen molar-refractivity contribution in [3.63, 3.8) is 0 Å². The molecule has 2 aromatic rings. The summed E-state index contributed by atoms with van der Waals surface area (Å²) in [7, 11) is 7.14. The molecule has 0 spiro atoms. The van der Waals surface area contributed by atoms with E-state index < -0.39 is 175 Å². The first-order valence-electron chi connectivity index (χ1n) is 37.9. The van der Waals surface area contributed by atoms with Crippen molar-refractivity contribution < 1.29 is 71.8 Å². The molecule has 2 aromatic carbocycles. The van der Waals surface area contributed by atoms with Gasteiger partial charge in [0.05, 0.1) is 6.04 Å². The zero-order chi connectivity index (χ0) is 82.2. The van der Waals surface area contributed by atoms with Gasteiger partial charge in [0.15, 0.2) is 0 Å². The van der Waals surface area contributed by atoms with Crippen LogP contribution >= 0.6 is 0 Å². The highest BCUT2D eigenvalue weighted by atomic mass is 28.4. The summed E-state index contributed by atoms with van der Waals surface area (Å²) >= 11 is 0. The number of carbonyl (C=O) groups excluding carboxylic acids is 11. The summed E-state index contributed by atoms with van der Waals surface area (Å²) in [5.41, 5.74) is 0. The van der Waals surface area contributed by atoms with Crippen LogP contribution < -0.4 is 37.0 Å². The number of allylic oxidation sites excluding steroid dienone is 2. The number of carboxylic acid groups (broad SMARTS) is 1. The molecule has 0 saturated carbocycles. The summed E-state index contributed by atoms with van der Waals surface area (Å²) in [5, 5.41) is 25.5. The third-order valence-electron chi connectivity index (χ3n) is 20.1. The maximum Gasteiger partial charge on any atom is 0.326 e. The van der Waals surface area contributed by atoms with Gasteiger partial charge in [-0.05, 0) is 118 Å². The summed E-state index contributed by atoms with van der Waals surface area (Å²) in [6, 6.07) is 6.76. The Bertz CT molecular complexity index is 3270. The van der Waals surface area contributed by atoms with E-state index in [1.807, 2.05) is 84.9 Å². The number of hydrogen-bond donors (Lipinski definition) is 6. The number of hydrogen-bond acceptors (Lipinski definition) is 15. The Morgan fingerprint density at radius 1 is 0.486 bits per heavy atom. The number of benzene rings is 2. The van der Waals surface area contributed by atoms with Crippen LogP contribution in [0.5, 0.6) is 0 Å². The summed E-state index contributed by atoms with van der Waals surface area (Å²) in [6.07, 6.45) is 2.99. The topological polar surface area (TPSA) is 323 Å². The average Bonchev–Trinajstić information content (AvgIpc) is 0.746. The van der Waals surface area contributed by atoms with Crippen LogP contribution in [-0.4, -0.2) is 242 Å². The second kappa shape index (κ2) is 43.2. The summed E-state index contributed by atoms with van der Waals surface area (Å²) in [5.74, 6) is -11.5. The van der Waals surface area contributed by atoms with E-state index in [-0.39, 0.29) is 56.0 Å². The molecule has 0 saturated heterocycles. The van der Waals surface area contributed by atoms with Gasteiger partial charge < -0.3 is 70.3 Å². The number of nitrogens with zero attached hydrogens (tertiary/aromatic N) is 6. The lowest BCUT2D eigenvalue weighted by atomic mass is 9.91. The van der Waals surface area contributed by atoms with Crippen molar-refractivity contribution in [1.29, 1.82) is 0 Å². The number of ether oxygens (including phenoxy) is 1. The van der Waals surface area contributed by atoms with Gasteiger partial charge in [0, 0.05) is 61.7 Å². The van der Waals surface area contributed by atoms with Gasteiger partial charge in [0.1, 0.15) is 66.5 Å². The van der Waals surface area contributed by atoms with Crippen LogP contribution in [0, 0.1) is 41.4 Å². The summed E-state index contributed by atoms with van der Waals surface area (Å²) < 4.78 is 13.1. The Labute approximate surface area is 639 Å². The van der Waals surface area contributed by atoms with Gasteiger partial charge in [0.25, 0.3) is 8.32 Å². The number of carboxylic acids is 1. The fourth-order valence-corrected chi connectivity index (χ4v) is 18.5. The predicted molar refractivity (Wildman–Crippen MR) is 420 cm³/mol. The van der Waals surface area contributed by atoms with Crippen LogP contribution in [0.25, 0.3) is 0 Å². The van der Waals surface area contributed by atoms with Crippen molar-refractivity contribution in [2.75, 3.05) is 55.9 Å². The van der Waals surface area contributed by atoms with E-state index in [0.29, 0.717) is 6.42 Å². The lowest BCUT2D eigenvalue weighted by Crippen LogP contribution is -2.67. The largest absolute Gasteiger partial charge is 0.480 e. The van der Waals surface area contributed by atoms with Crippen molar-refractivity contribution in [2.24, 2.45) is 41.4 Å². The number of carbonyl (C=O) groups is 12. The molecule has 0 aliphatic rings. The summed E-state index contributed by atoms with van der Waals surface area (Å²) in [6.45, 7) is 37.3. The van der Waals surface area contributed by atoms with E-state index in [9.17, 15) is 38.7 Å². The van der Waals surface area contributed by atoms with Gasteiger partial charge >= 0.3 is 11.9 Å². The molecule has 0 bridgehead atoms. The molecule has 602 valence electrons. The van der Waals surface area contributed by atoms with Crippen molar-refractivity contribution in [3.05, 3.63) is 72.8 Å². The van der Waals surface area contributed by atoms with Crippen molar-refractivity contribution in [1.82, 2.24) is 56.0 Å². The van der Waals surface area contributed by atoms with Gasteiger partial charge in [-0.2, -0.15) is 0 Å². The summed E-state index contributed by atoms with van der Waals surface area (Å²) in [4.78, 5) is 180. The lowest BCUT2D eigenvalue weighted by Gasteiger charge is -2.44. The minimum atomic E-state index is -3.14. The standard InChI is InChI=1S/C80H133N11O15Si/c1-29-31-38-52(13)68(106-57(18)92)67(72(96)84-60(30-2)79(103)104)91(28)78(102)65(51(11)12)89(26)76(100)63(45-49(7)8)88(25)75(99)62(44-48(5)6)87(24)74(98)56(17)83-69(93)54(15)82-70(94)61(43-47(3)4)86(23)77(101)64(50(9)10)85-71(95)66(90(27)73(97)55(16)81-22)53(14)46-105-107(80(19,20)21,58-39-34-32-35-40-58)59-41-36-33-37-42-59/h29,31-37,39-42,47-56,60-68,81H,30,38,43-46H2,1-28H3,(H,82,94)(H,83,93)(H,84,96)(H,85,95)(H,103,104)/t52-,53-,54+,55-,56-,60+,61+,62+,63+,64+,65+,66+,67+,68-/m1/s1. The number of esters is 1. The molecular formula is C80H133N11O15Si. The minimum Gasteiger partial charge on any atom is -0.480 e. The Morgan fingerprint density at radius 3 is 1.33 bits per heavy atom. The van der Waals surface area contributed by atoms with E-state index in [0.717, 1.165) is 22.2 Å². The highest BCUT2D eigenvalue weighted by Gasteiger charge is 2.52. The molecule has 14 atom stereocenters. The van der Waals surface area contributed by atoms with Gasteiger partial charge in [-0.25, -0.2) is 4.79 Å². The highest BCUT2D eigenvalue weighted by molar-refractivity contribution is 6.99. The number of likely N-dealkylation sites (N-methyl/N-ethyl adjacent to an activating group) is 7. The highest BCUT2D eigenvalue weighted by Crippen LogP contribution is 2.38. The van der Waals surface area contributed by atoms with Gasteiger partial charge in [-0.3, -0.25) is 52.7 Å². The number of amides is 10. The maximum absolute atomic E-state index is 15.2. The Morgan fingerprint density at radius 2 is 0.907 bits per heavy atom. The van der Waals surface area contributed by atoms with Crippen LogP contribution in [-0.2, 0) is 66.7 Å². The minimum absolute atomic E-state index is 0.00210. The molecule has 107 heavy (non-hydrogen) atoms. The first-order valence-corrected chi connectivity index (χ1v) is 39.8. The molecule has 0 radical (unpaired) electrons. The molecule has 0 aliphatic heterocycles. The fourth-order valence-electron chi connectivity index (χ4n) is 13.8. The zero-order valence-electron chi connectivity index (χ0n) is 69.5. The smallest absolute Gasteiger partial charge is 0.326 e. The normalized spacial score (nSPS) is 15.9. The molecule has 6 N–H and O–H groups in total. The predicted octanol–water partition coefficient (Wildman–Crippen LogP) is 6.23. The first kappa shape index (κ1) is 95.0. The average molecular weight is 1520 g/mol. The molecule has 0 aliphatic carbocycles. The molecule has 26 nitrogen and oxygen atoms in total. The molecule has 0 fully saturated rings. The van der Waals surface area contributed by atoms with Crippen molar-refractivity contribution in [3.8, 4) is 0 Å². The second-order valence-electron chi connectivity index (χ2n) is 32.0. The number of nitrogens with one attached hydrogen (secondary N) is 5. The first-order chi connectivity index (χ1) is 49.6. The molecular weight excluding hydrogens is 1380 g/mol. The van der Waals surface area contributed by atoms with Crippen LogP contribution in [0.3, 0.4) is 0 Å². The van der Waals surface area contributed by atoms with Crippen LogP contribution in [0.2, 0.25) is 5.04 Å². The Balaban J connectivity index is 2.55. The van der Waals surface area contributed by atoms with Crippen LogP contribution in [0.15, 0.2) is 72.8 Å².